The van der Waals surface area contributed by atoms with Crippen molar-refractivity contribution in [1.82, 2.24) is 19.7 Å². The highest BCUT2D eigenvalue weighted by atomic mass is 16.5. The van der Waals surface area contributed by atoms with Gasteiger partial charge in [-0.05, 0) is 38.0 Å². The number of methoxy groups -OCH3 is 1. The molecule has 0 radical (unpaired) electrons. The minimum Gasteiger partial charge on any atom is -0.463 e. The van der Waals surface area contributed by atoms with Gasteiger partial charge in [0.25, 0.3) is 5.91 Å². The van der Waals surface area contributed by atoms with Crippen LogP contribution in [-0.4, -0.2) is 52.4 Å². The van der Waals surface area contributed by atoms with Crippen molar-refractivity contribution in [2.24, 2.45) is 5.92 Å². The van der Waals surface area contributed by atoms with Gasteiger partial charge in [-0.1, -0.05) is 13.8 Å². The fourth-order valence-corrected chi connectivity index (χ4v) is 3.21. The molecule has 0 N–H and O–H groups in total. The average molecular weight is 384 g/mol. The summed E-state index contributed by atoms with van der Waals surface area (Å²) in [5.41, 5.74) is 1.89. The van der Waals surface area contributed by atoms with Crippen molar-refractivity contribution < 1.29 is 13.9 Å². The monoisotopic (exact) mass is 384 g/mol. The molecule has 0 aliphatic rings. The van der Waals surface area contributed by atoms with Gasteiger partial charge in [0.1, 0.15) is 5.69 Å². The molecule has 7 nitrogen and oxygen atoms in total. The fraction of sp³-hybridized carbons (Fsp3) is 0.476. The molecule has 0 atom stereocenters. The number of nitrogens with zero attached hydrogens (tertiary/aromatic N) is 4. The number of carbonyl (C=O) groups is 1. The first-order valence-corrected chi connectivity index (χ1v) is 9.62. The van der Waals surface area contributed by atoms with E-state index in [2.05, 4.69) is 18.9 Å². The van der Waals surface area contributed by atoms with Crippen LogP contribution in [0.2, 0.25) is 0 Å². The minimum absolute atomic E-state index is 0.0470. The van der Waals surface area contributed by atoms with E-state index in [0.29, 0.717) is 48.3 Å². The topological polar surface area (TPSA) is 73.4 Å². The third-order valence-electron chi connectivity index (χ3n) is 4.50. The van der Waals surface area contributed by atoms with Crippen LogP contribution in [0.5, 0.6) is 0 Å². The normalized spacial score (nSPS) is 11.7. The zero-order valence-corrected chi connectivity index (χ0v) is 17.2. The van der Waals surface area contributed by atoms with E-state index in [4.69, 9.17) is 14.1 Å². The number of aromatic nitrogens is 3. The number of amides is 1. The van der Waals surface area contributed by atoms with Gasteiger partial charge in [0.05, 0.1) is 30.0 Å². The van der Waals surface area contributed by atoms with Gasteiger partial charge in [0.15, 0.2) is 11.4 Å². The number of fused-ring (bicyclic) bond motifs is 1. The molecule has 3 heterocycles. The number of rotatable bonds is 8. The highest BCUT2D eigenvalue weighted by molar-refractivity contribution is 6.06. The second-order valence-electron chi connectivity index (χ2n) is 7.59. The van der Waals surface area contributed by atoms with Crippen molar-refractivity contribution in [1.29, 1.82) is 0 Å². The number of carbonyl (C=O) groups excluding carboxylic acids is 1. The van der Waals surface area contributed by atoms with Crippen LogP contribution in [0.25, 0.3) is 22.5 Å². The molecule has 3 rings (SSSR count). The van der Waals surface area contributed by atoms with Crippen molar-refractivity contribution in [3.63, 3.8) is 0 Å². The summed E-state index contributed by atoms with van der Waals surface area (Å²) in [7, 11) is 1.64. The molecule has 0 fully saturated rings. The number of furan rings is 1. The SMILES string of the molecule is COCCN(CC(C)C)C(=O)c1cc(-c2ccco2)nc2c1cnn2C(C)C. The third kappa shape index (κ3) is 4.09. The van der Waals surface area contributed by atoms with Crippen LogP contribution < -0.4 is 0 Å². The van der Waals surface area contributed by atoms with Gasteiger partial charge < -0.3 is 14.1 Å². The van der Waals surface area contributed by atoms with E-state index in [1.807, 2.05) is 35.6 Å². The summed E-state index contributed by atoms with van der Waals surface area (Å²) in [6, 6.07) is 5.58. The van der Waals surface area contributed by atoms with E-state index >= 15 is 0 Å². The van der Waals surface area contributed by atoms with Crippen molar-refractivity contribution in [3.8, 4) is 11.5 Å². The van der Waals surface area contributed by atoms with Gasteiger partial charge in [-0.2, -0.15) is 5.10 Å². The Morgan fingerprint density at radius 3 is 2.71 bits per heavy atom. The second kappa shape index (κ2) is 8.56. The number of hydrogen-bond donors (Lipinski definition) is 0. The van der Waals surface area contributed by atoms with Gasteiger partial charge in [0.2, 0.25) is 0 Å². The molecular weight excluding hydrogens is 356 g/mol. The molecule has 0 aliphatic heterocycles. The molecule has 28 heavy (non-hydrogen) atoms. The Kier molecular flexibility index (Phi) is 6.14. The lowest BCUT2D eigenvalue weighted by Crippen LogP contribution is -2.36. The molecule has 0 aliphatic carbocycles. The predicted octanol–water partition coefficient (Wildman–Crippen LogP) is 4.02. The van der Waals surface area contributed by atoms with Crippen molar-refractivity contribution in [2.75, 3.05) is 26.8 Å². The Hall–Kier alpha value is -2.67. The van der Waals surface area contributed by atoms with Crippen LogP contribution >= 0.6 is 0 Å². The Bertz CT molecular complexity index is 929. The van der Waals surface area contributed by atoms with Crippen molar-refractivity contribution in [3.05, 3.63) is 36.2 Å². The third-order valence-corrected chi connectivity index (χ3v) is 4.50. The van der Waals surface area contributed by atoms with Crippen LogP contribution in [0.15, 0.2) is 35.1 Å². The van der Waals surface area contributed by atoms with E-state index in [0.717, 1.165) is 5.39 Å². The number of hydrogen-bond acceptors (Lipinski definition) is 5. The molecule has 0 unspecified atom stereocenters. The fourth-order valence-electron chi connectivity index (χ4n) is 3.21. The summed E-state index contributed by atoms with van der Waals surface area (Å²) in [4.78, 5) is 20.0. The van der Waals surface area contributed by atoms with E-state index in [1.165, 1.54) is 0 Å². The first-order chi connectivity index (χ1) is 13.4. The zero-order chi connectivity index (χ0) is 20.3. The summed E-state index contributed by atoms with van der Waals surface area (Å²) >= 11 is 0. The molecule has 150 valence electrons. The predicted molar refractivity (Wildman–Crippen MR) is 108 cm³/mol. The maximum Gasteiger partial charge on any atom is 0.254 e. The summed E-state index contributed by atoms with van der Waals surface area (Å²) in [6.07, 6.45) is 3.33. The lowest BCUT2D eigenvalue weighted by atomic mass is 10.1. The maximum atomic E-state index is 13.5. The summed E-state index contributed by atoms with van der Waals surface area (Å²) < 4.78 is 12.6. The largest absolute Gasteiger partial charge is 0.463 e. The zero-order valence-electron chi connectivity index (χ0n) is 17.2. The average Bonchev–Trinajstić information content (AvgIpc) is 3.32. The molecule has 0 aromatic carbocycles. The molecule has 0 spiro atoms. The molecule has 0 saturated carbocycles. The number of pyridine rings is 1. The van der Waals surface area contributed by atoms with E-state index in [1.54, 1.807) is 25.6 Å². The van der Waals surface area contributed by atoms with Gasteiger partial charge in [-0.3, -0.25) is 4.79 Å². The Morgan fingerprint density at radius 2 is 2.11 bits per heavy atom. The molecular formula is C21H28N4O3. The highest BCUT2D eigenvalue weighted by Crippen LogP contribution is 2.27. The maximum absolute atomic E-state index is 13.5. The molecule has 3 aromatic rings. The standard InChI is InChI=1S/C21H28N4O3/c1-14(2)13-24(8-10-27-5)21(26)16-11-18(19-7-6-9-28-19)23-20-17(16)12-22-25(20)15(3)4/h6-7,9,11-12,14-15H,8,10,13H2,1-5H3. The van der Waals surface area contributed by atoms with Crippen molar-refractivity contribution in [2.45, 2.75) is 33.7 Å². The van der Waals surface area contributed by atoms with Crippen LogP contribution in [-0.2, 0) is 4.74 Å². The first kappa shape index (κ1) is 20.1. The summed E-state index contributed by atoms with van der Waals surface area (Å²) in [5.74, 6) is 0.926. The molecule has 7 heteroatoms. The number of ether oxygens (including phenoxy) is 1. The summed E-state index contributed by atoms with van der Waals surface area (Å²) in [5, 5.41) is 5.22. The van der Waals surface area contributed by atoms with E-state index in [9.17, 15) is 4.79 Å². The quantitative estimate of drug-likeness (QED) is 0.586. The van der Waals surface area contributed by atoms with Gasteiger partial charge >= 0.3 is 0 Å². The highest BCUT2D eigenvalue weighted by Gasteiger charge is 2.23. The lowest BCUT2D eigenvalue weighted by molar-refractivity contribution is 0.0674. The first-order valence-electron chi connectivity index (χ1n) is 9.62. The van der Waals surface area contributed by atoms with E-state index < -0.39 is 0 Å². The van der Waals surface area contributed by atoms with Crippen LogP contribution in [0.4, 0.5) is 0 Å². The smallest absolute Gasteiger partial charge is 0.254 e. The van der Waals surface area contributed by atoms with Crippen LogP contribution in [0, 0.1) is 5.92 Å². The van der Waals surface area contributed by atoms with Gasteiger partial charge in [0, 0.05) is 26.2 Å². The molecule has 3 aromatic heterocycles. The minimum atomic E-state index is -0.0470. The Morgan fingerprint density at radius 1 is 1.32 bits per heavy atom. The van der Waals surface area contributed by atoms with Gasteiger partial charge in [-0.25, -0.2) is 9.67 Å². The van der Waals surface area contributed by atoms with Crippen LogP contribution in [0.3, 0.4) is 0 Å². The molecule has 0 saturated heterocycles. The van der Waals surface area contributed by atoms with Crippen LogP contribution in [0.1, 0.15) is 44.1 Å². The lowest BCUT2D eigenvalue weighted by Gasteiger charge is -2.25. The van der Waals surface area contributed by atoms with Crippen molar-refractivity contribution >= 4 is 16.9 Å². The Balaban J connectivity index is 2.13. The van der Waals surface area contributed by atoms with Gasteiger partial charge in [-0.15, -0.1) is 0 Å². The second-order valence-corrected chi connectivity index (χ2v) is 7.59. The summed E-state index contributed by atoms with van der Waals surface area (Å²) in [6.45, 7) is 9.95. The molecule has 0 bridgehead atoms. The Labute approximate surface area is 165 Å². The molecule has 1 amide bonds. The van der Waals surface area contributed by atoms with E-state index in [-0.39, 0.29) is 11.9 Å².